The summed E-state index contributed by atoms with van der Waals surface area (Å²) in [5.74, 6) is 0.0293. The summed E-state index contributed by atoms with van der Waals surface area (Å²) in [6, 6.07) is 8.83. The van der Waals surface area contributed by atoms with E-state index >= 15 is 0 Å². The first kappa shape index (κ1) is 24.0. The number of rotatable bonds is 4. The maximum atomic E-state index is 14.2. The number of amides is 1. The van der Waals surface area contributed by atoms with Crippen molar-refractivity contribution in [1.82, 2.24) is 20.6 Å². The number of fused-ring (bicyclic) bond motifs is 1. The van der Waals surface area contributed by atoms with E-state index in [1.165, 1.54) is 0 Å². The van der Waals surface area contributed by atoms with Gasteiger partial charge in [-0.1, -0.05) is 19.1 Å². The molecule has 0 spiro atoms. The minimum Gasteiger partial charge on any atom is -0.362 e. The van der Waals surface area contributed by atoms with Crippen molar-refractivity contribution in [2.24, 2.45) is 10.2 Å². The number of nitrogens with one attached hydrogen (secondary N) is 2. The number of hydrogen-bond acceptors (Lipinski definition) is 7. The predicted octanol–water partition coefficient (Wildman–Crippen LogP) is 4.66. The number of carbonyl (C=O) groups is 1. The van der Waals surface area contributed by atoms with Crippen LogP contribution >= 0.6 is 0 Å². The second-order valence-electron chi connectivity index (χ2n) is 9.81. The lowest BCUT2D eigenvalue weighted by Gasteiger charge is -2.48. The van der Waals surface area contributed by atoms with Crippen molar-refractivity contribution < 1.29 is 18.0 Å². The van der Waals surface area contributed by atoms with E-state index in [0.717, 1.165) is 0 Å². The molecular weight excluding hydrogens is 471 g/mol. The molecule has 2 N–H and O–H groups in total. The number of alkyl halides is 3. The van der Waals surface area contributed by atoms with Gasteiger partial charge >= 0.3 is 6.18 Å². The average molecular weight is 498 g/mol. The van der Waals surface area contributed by atoms with Crippen molar-refractivity contribution in [1.29, 1.82) is 0 Å². The van der Waals surface area contributed by atoms with Gasteiger partial charge in [-0.05, 0) is 44.0 Å². The van der Waals surface area contributed by atoms with Crippen molar-refractivity contribution in [2.45, 2.75) is 56.9 Å². The highest BCUT2D eigenvalue weighted by atomic mass is 19.4. The first-order valence-electron chi connectivity index (χ1n) is 11.6. The second-order valence-corrected chi connectivity index (χ2v) is 9.81. The van der Waals surface area contributed by atoms with Gasteiger partial charge in [0, 0.05) is 48.4 Å². The van der Waals surface area contributed by atoms with Crippen LogP contribution in [-0.2, 0) is 10.2 Å². The van der Waals surface area contributed by atoms with Crippen LogP contribution in [0, 0.1) is 0 Å². The average Bonchev–Trinajstić information content (AvgIpc) is 3.27. The molecule has 3 aliphatic heterocycles. The summed E-state index contributed by atoms with van der Waals surface area (Å²) < 4.78 is 42.7. The van der Waals surface area contributed by atoms with Gasteiger partial charge in [0.2, 0.25) is 5.95 Å². The Labute approximate surface area is 206 Å². The fraction of sp³-hybridized carbons (Fsp3) is 0.400. The van der Waals surface area contributed by atoms with Crippen molar-refractivity contribution >= 4 is 17.5 Å². The fourth-order valence-electron chi connectivity index (χ4n) is 5.49. The summed E-state index contributed by atoms with van der Waals surface area (Å²) in [6.07, 6.45) is -1.90. The summed E-state index contributed by atoms with van der Waals surface area (Å²) in [6.45, 7) is 5.54. The highest BCUT2D eigenvalue weighted by Crippen LogP contribution is 2.55. The smallest absolute Gasteiger partial charge is 0.362 e. The number of anilines is 2. The van der Waals surface area contributed by atoms with E-state index < -0.39 is 34.9 Å². The Morgan fingerprint density at radius 3 is 2.56 bits per heavy atom. The minimum atomic E-state index is -4.73. The highest BCUT2D eigenvalue weighted by Gasteiger charge is 2.57. The predicted molar refractivity (Wildman–Crippen MR) is 127 cm³/mol. The molecule has 3 aliphatic rings. The van der Waals surface area contributed by atoms with Crippen LogP contribution in [0.3, 0.4) is 0 Å². The number of halogens is 3. The first-order valence-corrected chi connectivity index (χ1v) is 11.6. The quantitative estimate of drug-likeness (QED) is 0.641. The van der Waals surface area contributed by atoms with Crippen LogP contribution in [0.4, 0.5) is 24.8 Å². The van der Waals surface area contributed by atoms with Gasteiger partial charge in [0.1, 0.15) is 0 Å². The van der Waals surface area contributed by atoms with E-state index in [9.17, 15) is 18.0 Å². The van der Waals surface area contributed by atoms with Gasteiger partial charge in [-0.25, -0.2) is 9.97 Å². The third-order valence-corrected chi connectivity index (χ3v) is 6.98. The molecule has 0 saturated carbocycles. The summed E-state index contributed by atoms with van der Waals surface area (Å²) in [5, 5.41) is 13.6. The molecule has 2 aromatic rings. The lowest BCUT2D eigenvalue weighted by molar-refractivity contribution is -0.120. The normalized spacial score (nSPS) is 24.8. The van der Waals surface area contributed by atoms with Gasteiger partial charge in [-0.2, -0.15) is 18.3 Å². The van der Waals surface area contributed by atoms with Crippen molar-refractivity contribution in [2.75, 3.05) is 11.9 Å². The van der Waals surface area contributed by atoms with E-state index in [1.807, 2.05) is 19.9 Å². The SMILES string of the molecule is CC[C@@]1(c2cccc(N(C)c3ncccn3)c2)C2=C(CC(C)(C)NC2=O)NC2N=NC(C(F)(F)F)=C21. The summed E-state index contributed by atoms with van der Waals surface area (Å²) in [5.41, 5.74) is -0.997. The lowest BCUT2D eigenvalue weighted by Crippen LogP contribution is -2.58. The van der Waals surface area contributed by atoms with Crippen LogP contribution in [0.15, 0.2) is 75.5 Å². The lowest BCUT2D eigenvalue weighted by atomic mass is 9.61. The fourth-order valence-corrected chi connectivity index (χ4v) is 5.49. The Kier molecular flexibility index (Phi) is 5.42. The molecule has 1 unspecified atom stereocenters. The molecule has 36 heavy (non-hydrogen) atoms. The van der Waals surface area contributed by atoms with E-state index in [4.69, 9.17) is 0 Å². The molecule has 0 fully saturated rings. The largest absolute Gasteiger partial charge is 0.435 e. The standard InChI is InChI=1S/C25H26F3N7O/c1-5-24(14-8-6-9-15(12-14)35(4)22-29-10-7-11-30-22)17-16(13-23(2,3)32-21(17)36)31-20-18(24)19(33-34-20)25(26,27)28/h6-12,20,31H,5,13H2,1-4H3,(H,32,36)/t20?,24-/m1/s1. The molecule has 4 heterocycles. The molecule has 2 atom stereocenters. The molecule has 11 heteroatoms. The van der Waals surface area contributed by atoms with Gasteiger partial charge in [0.05, 0.1) is 11.0 Å². The zero-order valence-corrected chi connectivity index (χ0v) is 20.3. The summed E-state index contributed by atoms with van der Waals surface area (Å²) >= 11 is 0. The molecule has 1 aromatic carbocycles. The van der Waals surface area contributed by atoms with Crippen molar-refractivity contribution in [3.05, 3.63) is 70.8 Å². The monoisotopic (exact) mass is 497 g/mol. The first-order chi connectivity index (χ1) is 17.0. The van der Waals surface area contributed by atoms with Gasteiger partial charge in [0.25, 0.3) is 5.91 Å². The number of aromatic nitrogens is 2. The maximum Gasteiger partial charge on any atom is 0.435 e. The third kappa shape index (κ3) is 3.64. The molecule has 0 bridgehead atoms. The maximum absolute atomic E-state index is 14.2. The Morgan fingerprint density at radius 1 is 1.17 bits per heavy atom. The van der Waals surface area contributed by atoms with Crippen LogP contribution in [-0.4, -0.2) is 40.8 Å². The van der Waals surface area contributed by atoms with E-state index in [0.29, 0.717) is 29.3 Å². The van der Waals surface area contributed by atoms with E-state index in [2.05, 4.69) is 30.8 Å². The van der Waals surface area contributed by atoms with Crippen LogP contribution in [0.2, 0.25) is 0 Å². The number of nitrogens with zero attached hydrogens (tertiary/aromatic N) is 5. The van der Waals surface area contributed by atoms with Crippen LogP contribution in [0.5, 0.6) is 0 Å². The van der Waals surface area contributed by atoms with Gasteiger partial charge in [-0.15, -0.1) is 5.11 Å². The van der Waals surface area contributed by atoms with Crippen molar-refractivity contribution in [3.8, 4) is 0 Å². The number of hydrogen-bond donors (Lipinski definition) is 2. The highest BCUT2D eigenvalue weighted by molar-refractivity contribution is 6.00. The molecule has 1 amide bonds. The summed E-state index contributed by atoms with van der Waals surface area (Å²) in [4.78, 5) is 23.9. The Morgan fingerprint density at radius 2 is 1.89 bits per heavy atom. The Bertz CT molecular complexity index is 1320. The third-order valence-electron chi connectivity index (χ3n) is 6.98. The number of benzene rings is 1. The number of azo groups is 1. The molecule has 188 valence electrons. The molecule has 0 saturated heterocycles. The van der Waals surface area contributed by atoms with E-state index in [-0.39, 0.29) is 17.6 Å². The summed E-state index contributed by atoms with van der Waals surface area (Å²) in [7, 11) is 1.78. The second kappa shape index (κ2) is 8.14. The number of allylic oxidation sites excluding steroid dienone is 1. The zero-order valence-electron chi connectivity index (χ0n) is 20.3. The van der Waals surface area contributed by atoms with Crippen LogP contribution in [0.25, 0.3) is 0 Å². The molecule has 0 radical (unpaired) electrons. The van der Waals surface area contributed by atoms with Crippen molar-refractivity contribution in [3.63, 3.8) is 0 Å². The topological polar surface area (TPSA) is 94.9 Å². The zero-order chi connectivity index (χ0) is 25.9. The molecular formula is C25H26F3N7O. The van der Waals surface area contributed by atoms with Crippen LogP contribution < -0.4 is 15.5 Å². The van der Waals surface area contributed by atoms with Crippen LogP contribution in [0.1, 0.15) is 39.2 Å². The Balaban J connectivity index is 1.77. The van der Waals surface area contributed by atoms with E-state index in [1.54, 1.807) is 55.5 Å². The minimum absolute atomic E-state index is 0.0538. The Hall–Kier alpha value is -3.76. The molecule has 1 aromatic heterocycles. The molecule has 5 rings (SSSR count). The number of carbonyl (C=O) groups excluding carboxylic acids is 1. The van der Waals surface area contributed by atoms with Gasteiger partial charge in [0.15, 0.2) is 11.9 Å². The molecule has 8 nitrogen and oxygen atoms in total. The molecule has 0 aliphatic carbocycles. The van der Waals surface area contributed by atoms with Gasteiger partial charge < -0.3 is 15.5 Å². The van der Waals surface area contributed by atoms with Gasteiger partial charge in [-0.3, -0.25) is 4.79 Å².